The first-order valence-corrected chi connectivity index (χ1v) is 7.27. The van der Waals surface area contributed by atoms with Crippen LogP contribution in [-0.4, -0.2) is 42.1 Å². The Labute approximate surface area is 123 Å². The van der Waals surface area contributed by atoms with Gasteiger partial charge in [-0.05, 0) is 37.1 Å². The maximum absolute atomic E-state index is 13.3. The number of piperidine rings is 1. The quantitative estimate of drug-likeness (QED) is 0.751. The maximum Gasteiger partial charge on any atom is 0.224 e. The normalized spacial score (nSPS) is 19.4. The monoisotopic (exact) mass is 295 g/mol. The molecule has 4 N–H and O–H groups in total. The zero-order valence-electron chi connectivity index (χ0n) is 12.0. The van der Waals surface area contributed by atoms with Crippen LogP contribution in [0.3, 0.4) is 0 Å². The fourth-order valence-electron chi connectivity index (χ4n) is 2.66. The molecular formula is C15H22FN3O2. The molecule has 116 valence electrons. The van der Waals surface area contributed by atoms with Gasteiger partial charge in [0.25, 0.3) is 0 Å². The van der Waals surface area contributed by atoms with E-state index in [1.54, 1.807) is 6.07 Å². The summed E-state index contributed by atoms with van der Waals surface area (Å²) in [6, 6.07) is 4.41. The molecule has 5 nitrogen and oxygen atoms in total. The van der Waals surface area contributed by atoms with Gasteiger partial charge in [-0.3, -0.25) is 9.69 Å². The van der Waals surface area contributed by atoms with Crippen LogP contribution in [0.4, 0.5) is 4.39 Å². The Morgan fingerprint density at radius 3 is 3.05 bits per heavy atom. The minimum Gasteiger partial charge on any atom is -0.505 e. The number of hydrogen-bond acceptors (Lipinski definition) is 4. The van der Waals surface area contributed by atoms with Crippen molar-refractivity contribution >= 4 is 5.91 Å². The van der Waals surface area contributed by atoms with Crippen molar-refractivity contribution in [3.05, 3.63) is 29.6 Å². The fourth-order valence-corrected chi connectivity index (χ4v) is 2.66. The smallest absolute Gasteiger partial charge is 0.224 e. The summed E-state index contributed by atoms with van der Waals surface area (Å²) in [6.45, 7) is 3.08. The van der Waals surface area contributed by atoms with E-state index in [1.807, 2.05) is 0 Å². The Hall–Kier alpha value is -1.66. The molecule has 1 heterocycles. The number of carbonyl (C=O) groups excluding carboxylic acids is 1. The lowest BCUT2D eigenvalue weighted by atomic mass is 9.96. The molecule has 1 aliphatic heterocycles. The van der Waals surface area contributed by atoms with Crippen molar-refractivity contribution in [2.75, 3.05) is 26.2 Å². The van der Waals surface area contributed by atoms with Crippen LogP contribution in [0.1, 0.15) is 18.4 Å². The number of nitrogens with zero attached hydrogens (tertiary/aromatic N) is 1. The molecule has 0 aliphatic carbocycles. The van der Waals surface area contributed by atoms with Gasteiger partial charge in [-0.1, -0.05) is 6.07 Å². The third kappa shape index (κ3) is 4.41. The van der Waals surface area contributed by atoms with Crippen molar-refractivity contribution in [1.29, 1.82) is 0 Å². The first-order valence-electron chi connectivity index (χ1n) is 7.27. The van der Waals surface area contributed by atoms with Crippen molar-refractivity contribution in [2.24, 2.45) is 11.7 Å². The van der Waals surface area contributed by atoms with Gasteiger partial charge >= 0.3 is 0 Å². The zero-order valence-corrected chi connectivity index (χ0v) is 12.0. The molecule has 1 aromatic rings. The molecule has 1 atom stereocenters. The number of likely N-dealkylation sites (tertiary alicyclic amines) is 1. The first kappa shape index (κ1) is 15.7. The molecule has 0 bridgehead atoms. The Kier molecular flexibility index (Phi) is 5.52. The Bertz CT molecular complexity index is 496. The summed E-state index contributed by atoms with van der Waals surface area (Å²) in [5, 5.41) is 12.0. The van der Waals surface area contributed by atoms with Crippen molar-refractivity contribution in [1.82, 2.24) is 10.2 Å². The highest BCUT2D eigenvalue weighted by molar-refractivity contribution is 5.78. The second-order valence-electron chi connectivity index (χ2n) is 5.44. The van der Waals surface area contributed by atoms with Gasteiger partial charge in [0.05, 0.1) is 5.92 Å². The van der Waals surface area contributed by atoms with Crippen LogP contribution in [0.2, 0.25) is 0 Å². The summed E-state index contributed by atoms with van der Waals surface area (Å²) in [5.41, 5.74) is 6.18. The highest BCUT2D eigenvalue weighted by atomic mass is 19.1. The standard InChI is InChI=1S/C15H22FN3O2/c16-13-8-11(3-4-14(13)20)9-19-7-1-2-12(10-19)15(21)18-6-5-17/h3-4,8,12,20H,1-2,5-7,9-10,17H2,(H,18,21). The Balaban J connectivity index is 1.91. The number of phenols is 1. The molecule has 1 amide bonds. The summed E-state index contributed by atoms with van der Waals surface area (Å²) in [6.07, 6.45) is 1.82. The Morgan fingerprint density at radius 2 is 2.33 bits per heavy atom. The molecule has 0 aromatic heterocycles. The predicted molar refractivity (Wildman–Crippen MR) is 78.1 cm³/mol. The van der Waals surface area contributed by atoms with Crippen LogP contribution in [0, 0.1) is 11.7 Å². The van der Waals surface area contributed by atoms with E-state index >= 15 is 0 Å². The maximum atomic E-state index is 13.3. The molecule has 1 aromatic carbocycles. The topological polar surface area (TPSA) is 78.6 Å². The average Bonchev–Trinajstić information content (AvgIpc) is 2.49. The molecular weight excluding hydrogens is 273 g/mol. The molecule has 21 heavy (non-hydrogen) atoms. The minimum absolute atomic E-state index is 0.0349. The van der Waals surface area contributed by atoms with Crippen LogP contribution in [0.15, 0.2) is 18.2 Å². The number of hydrogen-bond donors (Lipinski definition) is 3. The lowest BCUT2D eigenvalue weighted by Crippen LogP contribution is -2.43. The second-order valence-corrected chi connectivity index (χ2v) is 5.44. The number of aromatic hydroxyl groups is 1. The SMILES string of the molecule is NCCNC(=O)C1CCCN(Cc2ccc(O)c(F)c2)C1. The van der Waals surface area contributed by atoms with Crippen LogP contribution in [-0.2, 0) is 11.3 Å². The number of benzene rings is 1. The molecule has 0 radical (unpaired) electrons. The van der Waals surface area contributed by atoms with Gasteiger partial charge in [-0.15, -0.1) is 0 Å². The highest BCUT2D eigenvalue weighted by Gasteiger charge is 2.25. The summed E-state index contributed by atoms with van der Waals surface area (Å²) in [4.78, 5) is 14.1. The van der Waals surface area contributed by atoms with Gasteiger partial charge in [0.15, 0.2) is 11.6 Å². The number of halogens is 1. The van der Waals surface area contributed by atoms with Crippen LogP contribution in [0.25, 0.3) is 0 Å². The van der Waals surface area contributed by atoms with E-state index in [0.717, 1.165) is 24.9 Å². The van der Waals surface area contributed by atoms with Crippen molar-refractivity contribution in [3.8, 4) is 5.75 Å². The van der Waals surface area contributed by atoms with Crippen molar-refractivity contribution in [2.45, 2.75) is 19.4 Å². The van der Waals surface area contributed by atoms with Gasteiger partial charge < -0.3 is 16.2 Å². The van der Waals surface area contributed by atoms with E-state index in [1.165, 1.54) is 12.1 Å². The fraction of sp³-hybridized carbons (Fsp3) is 0.533. The number of phenolic OH excluding ortho intramolecular Hbond substituents is 1. The van der Waals surface area contributed by atoms with E-state index in [4.69, 9.17) is 5.73 Å². The van der Waals surface area contributed by atoms with E-state index in [0.29, 0.717) is 26.2 Å². The van der Waals surface area contributed by atoms with Crippen molar-refractivity contribution < 1.29 is 14.3 Å². The molecule has 0 spiro atoms. The summed E-state index contributed by atoms with van der Waals surface area (Å²) >= 11 is 0. The van der Waals surface area contributed by atoms with Crippen LogP contribution >= 0.6 is 0 Å². The van der Waals surface area contributed by atoms with E-state index in [9.17, 15) is 14.3 Å². The third-order valence-corrected chi connectivity index (χ3v) is 3.74. The predicted octanol–water partition coefficient (Wildman–Crippen LogP) is 0.818. The molecule has 6 heteroatoms. The van der Waals surface area contributed by atoms with E-state index in [-0.39, 0.29) is 17.6 Å². The molecule has 0 saturated carbocycles. The molecule has 2 rings (SSSR count). The van der Waals surface area contributed by atoms with E-state index in [2.05, 4.69) is 10.2 Å². The first-order chi connectivity index (χ1) is 10.1. The zero-order chi connectivity index (χ0) is 15.2. The minimum atomic E-state index is -0.609. The number of carbonyl (C=O) groups is 1. The number of nitrogens with one attached hydrogen (secondary N) is 1. The van der Waals surface area contributed by atoms with Gasteiger partial charge in [-0.2, -0.15) is 0 Å². The van der Waals surface area contributed by atoms with Gasteiger partial charge in [0, 0.05) is 26.2 Å². The number of nitrogens with two attached hydrogens (primary N) is 1. The number of rotatable bonds is 5. The van der Waals surface area contributed by atoms with Crippen LogP contribution < -0.4 is 11.1 Å². The second kappa shape index (κ2) is 7.38. The van der Waals surface area contributed by atoms with Gasteiger partial charge in [-0.25, -0.2) is 4.39 Å². The summed E-state index contributed by atoms with van der Waals surface area (Å²) in [7, 11) is 0. The summed E-state index contributed by atoms with van der Waals surface area (Å²) < 4.78 is 13.3. The lowest BCUT2D eigenvalue weighted by molar-refractivity contribution is -0.126. The Morgan fingerprint density at radius 1 is 1.52 bits per heavy atom. The van der Waals surface area contributed by atoms with E-state index < -0.39 is 5.82 Å². The van der Waals surface area contributed by atoms with Crippen molar-refractivity contribution in [3.63, 3.8) is 0 Å². The highest BCUT2D eigenvalue weighted by Crippen LogP contribution is 2.21. The number of amides is 1. The third-order valence-electron chi connectivity index (χ3n) is 3.74. The average molecular weight is 295 g/mol. The van der Waals surface area contributed by atoms with Gasteiger partial charge in [0.1, 0.15) is 0 Å². The summed E-state index contributed by atoms with van der Waals surface area (Å²) in [5.74, 6) is -0.938. The molecule has 1 fully saturated rings. The molecule has 1 unspecified atom stereocenters. The van der Waals surface area contributed by atoms with Gasteiger partial charge in [0.2, 0.25) is 5.91 Å². The lowest BCUT2D eigenvalue weighted by Gasteiger charge is -2.32. The molecule has 1 saturated heterocycles. The largest absolute Gasteiger partial charge is 0.505 e. The van der Waals surface area contributed by atoms with Crippen LogP contribution in [0.5, 0.6) is 5.75 Å². The molecule has 1 aliphatic rings.